The van der Waals surface area contributed by atoms with Gasteiger partial charge in [-0.25, -0.2) is 4.79 Å². The first-order valence-corrected chi connectivity index (χ1v) is 10.4. The zero-order chi connectivity index (χ0) is 21.2. The minimum absolute atomic E-state index is 0.0336. The van der Waals surface area contributed by atoms with Crippen LogP contribution in [0.1, 0.15) is 17.4 Å². The number of thiophene rings is 1. The molecule has 8 nitrogen and oxygen atoms in total. The number of imide groups is 1. The van der Waals surface area contributed by atoms with Crippen molar-refractivity contribution in [2.24, 2.45) is 0 Å². The SMILES string of the molecule is COc1ccc(C2(C)NC(=O)N(NC(=O)CN(C)Cc3ccc(Br)s3)C2=O)cc1. The molecular formula is C19H21BrN4O4S. The first-order valence-electron chi connectivity index (χ1n) is 8.76. The molecule has 0 radical (unpaired) electrons. The number of carbonyl (C=O) groups excluding carboxylic acids is 3. The molecule has 1 saturated heterocycles. The number of ether oxygens (including phenoxy) is 1. The van der Waals surface area contributed by atoms with Crippen LogP contribution in [0.25, 0.3) is 0 Å². The van der Waals surface area contributed by atoms with Crippen LogP contribution in [-0.4, -0.2) is 48.5 Å². The van der Waals surface area contributed by atoms with E-state index in [0.717, 1.165) is 13.7 Å². The molecule has 29 heavy (non-hydrogen) atoms. The number of rotatable bonds is 7. The number of amides is 4. The quantitative estimate of drug-likeness (QED) is 0.593. The third-order valence-corrected chi connectivity index (χ3v) is 6.17. The number of hydrogen-bond acceptors (Lipinski definition) is 6. The van der Waals surface area contributed by atoms with E-state index in [-0.39, 0.29) is 6.54 Å². The van der Waals surface area contributed by atoms with Crippen LogP contribution < -0.4 is 15.5 Å². The molecule has 2 N–H and O–H groups in total. The molecule has 1 aliphatic rings. The summed E-state index contributed by atoms with van der Waals surface area (Å²) >= 11 is 4.99. The highest BCUT2D eigenvalue weighted by molar-refractivity contribution is 9.11. The lowest BCUT2D eigenvalue weighted by Crippen LogP contribution is -2.50. The van der Waals surface area contributed by atoms with E-state index in [2.05, 4.69) is 26.7 Å². The van der Waals surface area contributed by atoms with Gasteiger partial charge in [0.1, 0.15) is 11.3 Å². The summed E-state index contributed by atoms with van der Waals surface area (Å²) in [7, 11) is 3.34. The summed E-state index contributed by atoms with van der Waals surface area (Å²) in [5, 5.41) is 3.39. The maximum Gasteiger partial charge on any atom is 0.344 e. The molecule has 2 aromatic rings. The molecule has 1 aromatic heterocycles. The van der Waals surface area contributed by atoms with Crippen LogP contribution in [0.15, 0.2) is 40.2 Å². The summed E-state index contributed by atoms with van der Waals surface area (Å²) in [4.78, 5) is 40.5. The fourth-order valence-electron chi connectivity index (χ4n) is 3.02. The number of nitrogens with zero attached hydrogens (tertiary/aromatic N) is 2. The molecule has 1 atom stereocenters. The molecule has 0 spiro atoms. The van der Waals surface area contributed by atoms with Crippen LogP contribution >= 0.6 is 27.3 Å². The zero-order valence-electron chi connectivity index (χ0n) is 16.2. The average Bonchev–Trinajstić information content (AvgIpc) is 3.18. The first-order chi connectivity index (χ1) is 13.7. The zero-order valence-corrected chi connectivity index (χ0v) is 18.6. The number of hydrazine groups is 1. The van der Waals surface area contributed by atoms with Gasteiger partial charge in [-0.15, -0.1) is 11.3 Å². The Kier molecular flexibility index (Phi) is 6.25. The van der Waals surface area contributed by atoms with Gasteiger partial charge in [0.15, 0.2) is 0 Å². The summed E-state index contributed by atoms with van der Waals surface area (Å²) < 4.78 is 6.14. The monoisotopic (exact) mass is 480 g/mol. The third kappa shape index (κ3) is 4.60. The Morgan fingerprint density at radius 1 is 1.28 bits per heavy atom. The summed E-state index contributed by atoms with van der Waals surface area (Å²) in [6.07, 6.45) is 0. The standard InChI is InChI=1S/C19H21BrN4O4S/c1-19(12-4-6-13(28-3)7-5-12)17(26)24(18(27)21-19)22-16(25)11-23(2)10-14-8-9-15(20)29-14/h4-9H,10-11H2,1-3H3,(H,21,27)(H,22,25). The molecular weight excluding hydrogens is 460 g/mol. The van der Waals surface area contributed by atoms with E-state index < -0.39 is 23.4 Å². The second kappa shape index (κ2) is 8.52. The highest BCUT2D eigenvalue weighted by Gasteiger charge is 2.50. The fraction of sp³-hybridized carbons (Fsp3) is 0.316. The van der Waals surface area contributed by atoms with Crippen LogP contribution in [-0.2, 0) is 21.7 Å². The van der Waals surface area contributed by atoms with E-state index in [0.29, 0.717) is 17.9 Å². The van der Waals surface area contributed by atoms with Crippen LogP contribution in [0.3, 0.4) is 0 Å². The van der Waals surface area contributed by atoms with Crippen molar-refractivity contribution in [3.8, 4) is 5.75 Å². The first kappa shape index (κ1) is 21.3. The minimum atomic E-state index is -1.27. The second-order valence-electron chi connectivity index (χ2n) is 6.84. The van der Waals surface area contributed by atoms with Gasteiger partial charge in [0.25, 0.3) is 11.8 Å². The van der Waals surface area contributed by atoms with Crippen molar-refractivity contribution in [2.75, 3.05) is 20.7 Å². The van der Waals surface area contributed by atoms with E-state index in [1.807, 2.05) is 12.1 Å². The molecule has 1 aromatic carbocycles. The molecule has 3 rings (SSSR count). The number of methoxy groups -OCH3 is 1. The van der Waals surface area contributed by atoms with Crippen LogP contribution in [0.4, 0.5) is 4.79 Å². The van der Waals surface area contributed by atoms with Crippen molar-refractivity contribution in [3.05, 3.63) is 50.6 Å². The molecule has 1 fully saturated rings. The Labute approximate surface area is 180 Å². The van der Waals surface area contributed by atoms with Gasteiger partial charge < -0.3 is 10.1 Å². The van der Waals surface area contributed by atoms with Gasteiger partial charge in [0, 0.05) is 11.4 Å². The van der Waals surface area contributed by atoms with Gasteiger partial charge in [-0.2, -0.15) is 5.01 Å². The summed E-state index contributed by atoms with van der Waals surface area (Å²) in [6, 6.07) is 10.1. The number of likely N-dealkylation sites (N-methyl/N-ethyl adjacent to an activating group) is 1. The number of benzene rings is 1. The fourth-order valence-corrected chi connectivity index (χ4v) is 4.59. The number of halogens is 1. The van der Waals surface area contributed by atoms with Gasteiger partial charge in [0.05, 0.1) is 17.4 Å². The van der Waals surface area contributed by atoms with Crippen molar-refractivity contribution in [2.45, 2.75) is 19.0 Å². The molecule has 1 aliphatic heterocycles. The van der Waals surface area contributed by atoms with Crippen molar-refractivity contribution < 1.29 is 19.1 Å². The number of hydrogen-bond donors (Lipinski definition) is 2. The summed E-state index contributed by atoms with van der Waals surface area (Å²) in [5.41, 5.74) is 1.73. The third-order valence-electron chi connectivity index (χ3n) is 4.56. The van der Waals surface area contributed by atoms with Crippen LogP contribution in [0, 0.1) is 0 Å². The molecule has 0 saturated carbocycles. The van der Waals surface area contributed by atoms with Crippen molar-refractivity contribution in [1.82, 2.24) is 20.7 Å². The summed E-state index contributed by atoms with van der Waals surface area (Å²) in [6.45, 7) is 2.21. The lowest BCUT2D eigenvalue weighted by atomic mass is 9.92. The number of carbonyl (C=O) groups is 3. The van der Waals surface area contributed by atoms with Crippen molar-refractivity contribution in [1.29, 1.82) is 0 Å². The Morgan fingerprint density at radius 2 is 1.97 bits per heavy atom. The summed E-state index contributed by atoms with van der Waals surface area (Å²) in [5.74, 6) is -0.364. The van der Waals surface area contributed by atoms with E-state index in [9.17, 15) is 14.4 Å². The number of nitrogens with one attached hydrogen (secondary N) is 2. The van der Waals surface area contributed by atoms with Crippen molar-refractivity contribution in [3.63, 3.8) is 0 Å². The number of urea groups is 1. The van der Waals surface area contributed by atoms with Crippen LogP contribution in [0.5, 0.6) is 5.75 Å². The maximum atomic E-state index is 12.9. The molecule has 4 amide bonds. The van der Waals surface area contributed by atoms with E-state index in [1.54, 1.807) is 61.6 Å². The molecule has 1 unspecified atom stereocenters. The van der Waals surface area contributed by atoms with E-state index >= 15 is 0 Å². The molecule has 0 aliphatic carbocycles. The Bertz CT molecular complexity index is 933. The maximum absolute atomic E-state index is 12.9. The average molecular weight is 481 g/mol. The van der Waals surface area contributed by atoms with E-state index in [4.69, 9.17) is 4.74 Å². The smallest absolute Gasteiger partial charge is 0.344 e. The minimum Gasteiger partial charge on any atom is -0.497 e. The molecule has 0 bridgehead atoms. The molecule has 2 heterocycles. The Morgan fingerprint density at radius 3 is 2.55 bits per heavy atom. The van der Waals surface area contributed by atoms with Gasteiger partial charge in [-0.3, -0.25) is 19.9 Å². The second-order valence-corrected chi connectivity index (χ2v) is 9.38. The lowest BCUT2D eigenvalue weighted by molar-refractivity contribution is -0.139. The predicted octanol–water partition coefficient (Wildman–Crippen LogP) is 2.45. The largest absolute Gasteiger partial charge is 0.497 e. The molecule has 10 heteroatoms. The Hall–Kier alpha value is -2.43. The highest BCUT2D eigenvalue weighted by atomic mass is 79.9. The molecule has 154 valence electrons. The van der Waals surface area contributed by atoms with Gasteiger partial charge in [0.2, 0.25) is 0 Å². The Balaban J connectivity index is 1.63. The van der Waals surface area contributed by atoms with Gasteiger partial charge in [-0.1, -0.05) is 12.1 Å². The normalized spacial score (nSPS) is 18.9. The van der Waals surface area contributed by atoms with E-state index in [1.165, 1.54) is 0 Å². The highest BCUT2D eigenvalue weighted by Crippen LogP contribution is 2.29. The van der Waals surface area contributed by atoms with Crippen molar-refractivity contribution >= 4 is 45.1 Å². The van der Waals surface area contributed by atoms with Gasteiger partial charge in [-0.05, 0) is 59.7 Å². The topological polar surface area (TPSA) is 91.0 Å². The predicted molar refractivity (Wildman–Crippen MR) is 112 cm³/mol. The lowest BCUT2D eigenvalue weighted by Gasteiger charge is -2.23. The van der Waals surface area contributed by atoms with Gasteiger partial charge >= 0.3 is 6.03 Å². The van der Waals surface area contributed by atoms with Crippen LogP contribution in [0.2, 0.25) is 0 Å².